The summed E-state index contributed by atoms with van der Waals surface area (Å²) in [5.74, 6) is -0.251. The van der Waals surface area contributed by atoms with E-state index in [0.717, 1.165) is 16.9 Å². The first-order valence-corrected chi connectivity index (χ1v) is 8.83. The van der Waals surface area contributed by atoms with Crippen molar-refractivity contribution < 1.29 is 19.1 Å². The first-order valence-electron chi connectivity index (χ1n) is 8.83. The normalized spacial score (nSPS) is 23.2. The fourth-order valence-electron chi connectivity index (χ4n) is 3.56. The molecule has 2 fully saturated rings. The van der Waals surface area contributed by atoms with Gasteiger partial charge in [0, 0.05) is 6.54 Å². The molecule has 25 heavy (non-hydrogen) atoms. The molecule has 6 heteroatoms. The molecule has 0 aliphatic carbocycles. The fourth-order valence-corrected chi connectivity index (χ4v) is 3.56. The molecule has 2 aliphatic heterocycles. The zero-order valence-corrected chi connectivity index (χ0v) is 14.7. The highest BCUT2D eigenvalue weighted by molar-refractivity contribution is 6.05. The van der Waals surface area contributed by atoms with Crippen molar-refractivity contribution in [3.05, 3.63) is 35.9 Å². The van der Waals surface area contributed by atoms with E-state index in [1.807, 2.05) is 44.2 Å². The maximum atomic E-state index is 12.8. The van der Waals surface area contributed by atoms with E-state index in [2.05, 4.69) is 0 Å². The second-order valence-corrected chi connectivity index (χ2v) is 7.08. The van der Waals surface area contributed by atoms with Crippen molar-refractivity contribution in [3.8, 4) is 0 Å². The lowest BCUT2D eigenvalue weighted by molar-refractivity contribution is -0.158. The fraction of sp³-hybridized carbons (Fsp3) is 0.526. The Bertz CT molecular complexity index is 659. The highest BCUT2D eigenvalue weighted by atomic mass is 16.6. The Balaban J connectivity index is 1.78. The van der Waals surface area contributed by atoms with Gasteiger partial charge in [-0.1, -0.05) is 44.2 Å². The molecule has 0 spiro atoms. The summed E-state index contributed by atoms with van der Waals surface area (Å²) in [5.41, 5.74) is 0.842. The van der Waals surface area contributed by atoms with Crippen molar-refractivity contribution in [1.82, 2.24) is 9.80 Å². The van der Waals surface area contributed by atoms with Crippen LogP contribution in [0.2, 0.25) is 0 Å². The third-order valence-corrected chi connectivity index (χ3v) is 4.75. The Morgan fingerprint density at radius 3 is 2.60 bits per heavy atom. The molecule has 0 bridgehead atoms. The van der Waals surface area contributed by atoms with Crippen LogP contribution < -0.4 is 0 Å². The molecule has 2 heterocycles. The van der Waals surface area contributed by atoms with Gasteiger partial charge in [-0.3, -0.25) is 9.59 Å². The lowest BCUT2D eigenvalue weighted by atomic mass is 9.97. The van der Waals surface area contributed by atoms with Crippen LogP contribution in [0.1, 0.15) is 38.7 Å². The van der Waals surface area contributed by atoms with Crippen LogP contribution in [0.25, 0.3) is 0 Å². The second-order valence-electron chi connectivity index (χ2n) is 7.08. The number of carbonyl (C=O) groups excluding carboxylic acids is 3. The number of carbonyl (C=O) groups is 3. The van der Waals surface area contributed by atoms with Crippen molar-refractivity contribution >= 4 is 17.9 Å². The van der Waals surface area contributed by atoms with E-state index >= 15 is 0 Å². The van der Waals surface area contributed by atoms with Crippen LogP contribution >= 0.6 is 0 Å². The van der Waals surface area contributed by atoms with Crippen LogP contribution in [0.5, 0.6) is 0 Å². The minimum absolute atomic E-state index is 0.0838. The number of benzene rings is 1. The molecule has 0 saturated carbocycles. The molecule has 2 atom stereocenters. The van der Waals surface area contributed by atoms with Gasteiger partial charge in [-0.05, 0) is 30.7 Å². The van der Waals surface area contributed by atoms with E-state index in [0.29, 0.717) is 19.4 Å². The summed E-state index contributed by atoms with van der Waals surface area (Å²) < 4.78 is 5.34. The number of hydrogen-bond acceptors (Lipinski definition) is 4. The quantitative estimate of drug-likeness (QED) is 0.842. The average Bonchev–Trinajstić information content (AvgIpc) is 3.08. The van der Waals surface area contributed by atoms with Gasteiger partial charge in [0.15, 0.2) is 0 Å². The van der Waals surface area contributed by atoms with Gasteiger partial charge in [-0.25, -0.2) is 9.69 Å². The molecular formula is C19H24N2O4. The molecule has 0 unspecified atom stereocenters. The Hall–Kier alpha value is -2.37. The lowest BCUT2D eigenvalue weighted by Crippen LogP contribution is -2.64. The average molecular weight is 344 g/mol. The Morgan fingerprint density at radius 2 is 1.92 bits per heavy atom. The van der Waals surface area contributed by atoms with Crippen LogP contribution in [-0.4, -0.2) is 46.3 Å². The minimum Gasteiger partial charge on any atom is -0.444 e. The monoisotopic (exact) mass is 344 g/mol. The van der Waals surface area contributed by atoms with Crippen LogP contribution in [0.15, 0.2) is 30.3 Å². The number of hydrogen-bond donors (Lipinski definition) is 0. The number of rotatable bonds is 4. The van der Waals surface area contributed by atoms with Gasteiger partial charge in [0.05, 0.1) is 0 Å². The van der Waals surface area contributed by atoms with Crippen molar-refractivity contribution in [3.63, 3.8) is 0 Å². The standard InChI is InChI=1S/C19H24N2O4/c1-13(2)11-16-17(22)20-10-6-9-15(20)18(23)21(16)19(24)25-12-14-7-4-3-5-8-14/h3-5,7-8,13,15-16H,6,9-12H2,1-2H3/t15-,16+/m1/s1. The van der Waals surface area contributed by atoms with Gasteiger partial charge in [0.25, 0.3) is 5.91 Å². The maximum absolute atomic E-state index is 12.8. The van der Waals surface area contributed by atoms with Gasteiger partial charge in [0.2, 0.25) is 5.91 Å². The number of nitrogens with zero attached hydrogens (tertiary/aromatic N) is 2. The van der Waals surface area contributed by atoms with Crippen LogP contribution in [-0.2, 0) is 20.9 Å². The minimum atomic E-state index is -0.759. The smallest absolute Gasteiger partial charge is 0.417 e. The Kier molecular flexibility index (Phi) is 5.06. The van der Waals surface area contributed by atoms with E-state index in [1.165, 1.54) is 0 Å². The van der Waals surface area contributed by atoms with Crippen LogP contribution in [0.3, 0.4) is 0 Å². The number of imide groups is 1. The SMILES string of the molecule is CC(C)C[C@H]1C(=O)N2CCC[C@@H]2C(=O)N1C(=O)OCc1ccccc1. The molecule has 3 amide bonds. The molecular weight excluding hydrogens is 320 g/mol. The summed E-state index contributed by atoms with van der Waals surface area (Å²) in [6.07, 6.45) is 1.14. The molecule has 2 saturated heterocycles. The number of ether oxygens (including phenoxy) is 1. The van der Waals surface area contributed by atoms with E-state index in [1.54, 1.807) is 4.90 Å². The van der Waals surface area contributed by atoms with Gasteiger partial charge in [-0.15, -0.1) is 0 Å². The topological polar surface area (TPSA) is 66.9 Å². The summed E-state index contributed by atoms with van der Waals surface area (Å²) in [5, 5.41) is 0. The second kappa shape index (κ2) is 7.25. The van der Waals surface area contributed by atoms with Crippen LogP contribution in [0.4, 0.5) is 4.79 Å². The molecule has 3 rings (SSSR count). The lowest BCUT2D eigenvalue weighted by Gasteiger charge is -2.40. The van der Waals surface area contributed by atoms with Gasteiger partial charge in [-0.2, -0.15) is 0 Å². The molecule has 6 nitrogen and oxygen atoms in total. The summed E-state index contributed by atoms with van der Waals surface area (Å²) in [7, 11) is 0. The van der Waals surface area contributed by atoms with Gasteiger partial charge in [0.1, 0.15) is 18.7 Å². The number of piperazine rings is 1. The summed E-state index contributed by atoms with van der Waals surface area (Å²) in [6, 6.07) is 8.02. The first-order chi connectivity index (χ1) is 12.0. The number of fused-ring (bicyclic) bond motifs is 1. The van der Waals surface area contributed by atoms with E-state index in [9.17, 15) is 14.4 Å². The molecule has 0 aromatic heterocycles. The summed E-state index contributed by atoms with van der Waals surface area (Å²) in [4.78, 5) is 41.0. The van der Waals surface area contributed by atoms with Crippen molar-refractivity contribution in [2.24, 2.45) is 5.92 Å². The van der Waals surface area contributed by atoms with Crippen molar-refractivity contribution in [2.75, 3.05) is 6.54 Å². The molecule has 134 valence electrons. The highest BCUT2D eigenvalue weighted by Gasteiger charge is 2.50. The zero-order valence-electron chi connectivity index (χ0n) is 14.7. The van der Waals surface area contributed by atoms with Crippen molar-refractivity contribution in [1.29, 1.82) is 0 Å². The van der Waals surface area contributed by atoms with E-state index in [4.69, 9.17) is 4.74 Å². The Morgan fingerprint density at radius 1 is 1.20 bits per heavy atom. The maximum Gasteiger partial charge on any atom is 0.417 e. The zero-order chi connectivity index (χ0) is 18.0. The molecule has 2 aliphatic rings. The predicted octanol–water partition coefficient (Wildman–Crippen LogP) is 2.57. The third-order valence-electron chi connectivity index (χ3n) is 4.75. The third kappa shape index (κ3) is 3.52. The van der Waals surface area contributed by atoms with E-state index < -0.39 is 18.2 Å². The van der Waals surface area contributed by atoms with Crippen LogP contribution in [0, 0.1) is 5.92 Å². The van der Waals surface area contributed by atoms with Gasteiger partial charge < -0.3 is 9.64 Å². The first kappa shape index (κ1) is 17.5. The molecule has 1 aromatic rings. The molecule has 0 radical (unpaired) electrons. The Labute approximate surface area is 147 Å². The largest absolute Gasteiger partial charge is 0.444 e. The van der Waals surface area contributed by atoms with Gasteiger partial charge >= 0.3 is 6.09 Å². The summed E-state index contributed by atoms with van der Waals surface area (Å²) >= 11 is 0. The summed E-state index contributed by atoms with van der Waals surface area (Å²) in [6.45, 7) is 4.62. The number of amides is 3. The molecule has 1 aromatic carbocycles. The predicted molar refractivity (Wildman–Crippen MR) is 91.5 cm³/mol. The van der Waals surface area contributed by atoms with Crippen molar-refractivity contribution in [2.45, 2.75) is 51.8 Å². The highest BCUT2D eigenvalue weighted by Crippen LogP contribution is 2.30. The van der Waals surface area contributed by atoms with E-state index in [-0.39, 0.29) is 24.3 Å². The molecule has 0 N–H and O–H groups in total.